The number of rotatable bonds is 2. The molecule has 0 radical (unpaired) electrons. The molecule has 4 aliphatic heterocycles. The second kappa shape index (κ2) is 17.3. The van der Waals surface area contributed by atoms with E-state index < -0.39 is 29.4 Å². The fourth-order valence-electron chi connectivity index (χ4n) is 10.9. The average Bonchev–Trinajstić information content (AvgIpc) is 3.83. The molecule has 4 aromatic carbocycles. The summed E-state index contributed by atoms with van der Waals surface area (Å²) in [7, 11) is 1.97. The van der Waals surface area contributed by atoms with Crippen molar-refractivity contribution in [2.24, 2.45) is 21.5 Å². The van der Waals surface area contributed by atoms with E-state index in [9.17, 15) is 9.59 Å². The minimum atomic E-state index is -1.40. The molecule has 6 heterocycles. The maximum Gasteiger partial charge on any atom is 0.490 e. The van der Waals surface area contributed by atoms with Gasteiger partial charge >= 0.3 is 7.12 Å². The van der Waals surface area contributed by atoms with Crippen molar-refractivity contribution in [3.05, 3.63) is 172 Å². The normalized spacial score (nSPS) is 22.0. The first-order valence-electron chi connectivity index (χ1n) is 22.7. The van der Waals surface area contributed by atoms with Crippen LogP contribution in [0, 0.1) is 0 Å². The van der Waals surface area contributed by atoms with Crippen molar-refractivity contribution in [3.8, 4) is 22.6 Å². The van der Waals surface area contributed by atoms with Crippen molar-refractivity contribution in [3.63, 3.8) is 0 Å². The number of hydrogen-bond donors (Lipinski definition) is 4. The number of hydrogen-bond acceptors (Lipinski definition) is 12. The third kappa shape index (κ3) is 7.15. The molecule has 0 saturated carbocycles. The molecule has 2 aliphatic carbocycles. The molecule has 0 fully saturated rings. The van der Waals surface area contributed by atoms with Gasteiger partial charge in [0.2, 0.25) is 11.1 Å². The number of aromatic nitrogens is 2. The SMILES string of the molecule is CN1C(=O)C2(N=C1N)c1cc(-c3cccnc3)ccc1OC21CCc2ccccc2CC1.CN1C(=O)C2(N=C1N)c1cc(Br)ccc1OC21CCc2ccccc2CC1.OB(O)c1cccnc1. The van der Waals surface area contributed by atoms with Gasteiger partial charge in [-0.25, -0.2) is 9.98 Å². The van der Waals surface area contributed by atoms with Gasteiger partial charge in [-0.2, -0.15) is 0 Å². The quantitative estimate of drug-likeness (QED) is 0.164. The molecule has 2 aromatic heterocycles. The number of halogens is 1. The van der Waals surface area contributed by atoms with Gasteiger partial charge in [0.15, 0.2) is 11.9 Å². The molecular weight excluding hydrogens is 923 g/mol. The molecule has 4 spiro atoms. The van der Waals surface area contributed by atoms with Gasteiger partial charge in [-0.05, 0) is 122 Å². The Morgan fingerprint density at radius 2 is 1.04 bits per heavy atom. The summed E-state index contributed by atoms with van der Waals surface area (Å²) in [5.41, 5.74) is 17.8. The molecule has 2 amide bonds. The molecule has 0 bridgehead atoms. The second-order valence-electron chi connectivity index (χ2n) is 18.1. The van der Waals surface area contributed by atoms with E-state index in [4.69, 9.17) is 41.0 Å². The lowest BCUT2D eigenvalue weighted by atomic mass is 9.71. The Balaban J connectivity index is 0.000000136. The number of likely N-dealkylation sites (N-methyl/N-ethyl adjacent to an activating group) is 2. The first-order valence-corrected chi connectivity index (χ1v) is 23.5. The number of nitrogens with zero attached hydrogens (tertiary/aromatic N) is 6. The van der Waals surface area contributed by atoms with Gasteiger partial charge in [0, 0.05) is 65.5 Å². The topological polar surface area (TPSA) is 202 Å². The Labute approximate surface area is 403 Å². The smallest absolute Gasteiger partial charge is 0.483 e. The van der Waals surface area contributed by atoms with Crippen LogP contribution in [-0.2, 0) is 46.4 Å². The maximum atomic E-state index is 13.8. The maximum absolute atomic E-state index is 13.8. The van der Waals surface area contributed by atoms with Crippen molar-refractivity contribution in [2.45, 2.75) is 73.6 Å². The zero-order chi connectivity index (χ0) is 47.4. The highest BCUT2D eigenvalue weighted by atomic mass is 79.9. The van der Waals surface area contributed by atoms with Crippen LogP contribution in [-0.4, -0.2) is 86.0 Å². The molecule has 2 unspecified atom stereocenters. The van der Waals surface area contributed by atoms with Crippen LogP contribution in [0.4, 0.5) is 0 Å². The van der Waals surface area contributed by atoms with E-state index >= 15 is 0 Å². The van der Waals surface area contributed by atoms with Crippen LogP contribution >= 0.6 is 15.9 Å². The van der Waals surface area contributed by atoms with E-state index in [0.29, 0.717) is 36.9 Å². The number of aryl methyl sites for hydroxylation is 4. The molecule has 14 nitrogen and oxygen atoms in total. The average molecular weight is 974 g/mol. The summed E-state index contributed by atoms with van der Waals surface area (Å²) in [5, 5.41) is 17.1. The first-order chi connectivity index (χ1) is 32.8. The Hall–Kier alpha value is -6.88. The highest BCUT2D eigenvalue weighted by Crippen LogP contribution is 2.59. The van der Waals surface area contributed by atoms with Gasteiger partial charge < -0.3 is 31.0 Å². The molecule has 6 aliphatic rings. The van der Waals surface area contributed by atoms with Crippen LogP contribution in [0.2, 0.25) is 0 Å². The second-order valence-corrected chi connectivity index (χ2v) is 19.0. The monoisotopic (exact) mass is 972 g/mol. The van der Waals surface area contributed by atoms with E-state index in [0.717, 1.165) is 58.2 Å². The molecule has 6 aromatic rings. The summed E-state index contributed by atoms with van der Waals surface area (Å²) < 4.78 is 14.2. The summed E-state index contributed by atoms with van der Waals surface area (Å²) in [5.74, 6) is 1.69. The van der Waals surface area contributed by atoms with Gasteiger partial charge in [0.25, 0.3) is 11.8 Å². The molecule has 6 N–H and O–H groups in total. The van der Waals surface area contributed by atoms with E-state index in [2.05, 4.69) is 74.4 Å². The highest BCUT2D eigenvalue weighted by Gasteiger charge is 2.69. The number of ether oxygens (including phenoxy) is 2. The summed E-state index contributed by atoms with van der Waals surface area (Å²) in [4.78, 5) is 47.9. The molecule has 12 rings (SSSR count). The van der Waals surface area contributed by atoms with Crippen LogP contribution in [0.5, 0.6) is 11.5 Å². The van der Waals surface area contributed by atoms with Crippen LogP contribution in [0.3, 0.4) is 0 Å². The van der Waals surface area contributed by atoms with Crippen molar-refractivity contribution in [2.75, 3.05) is 14.1 Å². The van der Waals surface area contributed by atoms with Crippen LogP contribution in [0.25, 0.3) is 11.1 Å². The number of pyridine rings is 2. The van der Waals surface area contributed by atoms with E-state index in [1.807, 2.05) is 54.7 Å². The number of amides is 2. The zero-order valence-corrected chi connectivity index (χ0v) is 39.3. The predicted molar refractivity (Wildman–Crippen MR) is 263 cm³/mol. The fourth-order valence-corrected chi connectivity index (χ4v) is 11.3. The number of aliphatic imine (C=N–C) groups is 2. The zero-order valence-electron chi connectivity index (χ0n) is 37.7. The minimum absolute atomic E-state index is 0.109. The molecule has 344 valence electrons. The predicted octanol–water partition coefficient (Wildman–Crippen LogP) is 5.34. The van der Waals surface area contributed by atoms with Gasteiger partial charge in [0.1, 0.15) is 22.7 Å². The van der Waals surface area contributed by atoms with Crippen LogP contribution in [0.15, 0.2) is 148 Å². The number of guanidine groups is 2. The van der Waals surface area contributed by atoms with Gasteiger partial charge in [-0.1, -0.05) is 82.7 Å². The van der Waals surface area contributed by atoms with Gasteiger partial charge in [0.05, 0.1) is 0 Å². The van der Waals surface area contributed by atoms with E-state index in [-0.39, 0.29) is 23.7 Å². The number of fused-ring (bicyclic) bond motifs is 8. The number of benzene rings is 4. The molecule has 68 heavy (non-hydrogen) atoms. The van der Waals surface area contributed by atoms with Crippen LogP contribution < -0.4 is 26.4 Å². The third-order valence-corrected chi connectivity index (χ3v) is 15.0. The first kappa shape index (κ1) is 44.9. The molecule has 2 atom stereocenters. The van der Waals surface area contributed by atoms with Gasteiger partial charge in [-0.3, -0.25) is 29.4 Å². The molecule has 0 saturated heterocycles. The summed E-state index contributed by atoms with van der Waals surface area (Å²) in [6, 6.07) is 35.9. The van der Waals surface area contributed by atoms with Crippen molar-refractivity contribution in [1.29, 1.82) is 0 Å². The number of carbonyl (C=O) groups excluding carboxylic acids is 2. The largest absolute Gasteiger partial charge is 0.490 e. The summed E-state index contributed by atoms with van der Waals surface area (Å²) >= 11 is 3.54. The number of nitrogens with two attached hydrogens (primary N) is 2. The molecular formula is C52H50BBrN8O6. The lowest BCUT2D eigenvalue weighted by molar-refractivity contribution is -0.138. The van der Waals surface area contributed by atoms with E-state index in [1.165, 1.54) is 38.3 Å². The Bertz CT molecular complexity index is 2960. The molecule has 16 heteroatoms. The van der Waals surface area contributed by atoms with Crippen molar-refractivity contribution in [1.82, 2.24) is 19.8 Å². The fraction of sp³-hybridized carbons (Fsp3) is 0.269. The van der Waals surface area contributed by atoms with Crippen molar-refractivity contribution < 1.29 is 29.1 Å². The standard InChI is InChI=1S/C26H24N4O2.C21H20BrN3O2.C5H6BNO2/c1-30-23(31)26(29-24(30)27)21-15-19(20-7-4-14-28-16-20)8-9-22(21)32-25(26)12-10-17-5-2-3-6-18(17)11-13-25;1-25-18(26)21(24-19(25)23)16-12-15(22)6-7-17(16)27-20(21)10-8-13-4-2-3-5-14(13)9-11-20;8-6(9)5-2-1-3-7-4-5/h2-9,14-16H,10-13H2,1H3,(H2,27,29);2-7,12H,8-11H2,1H3,(H2,23,24);1-4,8-9H. The lowest BCUT2D eigenvalue weighted by Gasteiger charge is -2.38. The highest BCUT2D eigenvalue weighted by molar-refractivity contribution is 9.10. The van der Waals surface area contributed by atoms with E-state index in [1.54, 1.807) is 38.6 Å². The lowest BCUT2D eigenvalue weighted by Crippen LogP contribution is -2.56. The minimum Gasteiger partial charge on any atom is -0.483 e. The Morgan fingerprint density at radius 3 is 1.44 bits per heavy atom. The number of carbonyl (C=O) groups is 2. The third-order valence-electron chi connectivity index (χ3n) is 14.5. The van der Waals surface area contributed by atoms with Crippen molar-refractivity contribution >= 4 is 52.2 Å². The Morgan fingerprint density at radius 1 is 0.588 bits per heavy atom. The van der Waals surface area contributed by atoms with Gasteiger partial charge in [-0.15, -0.1) is 0 Å². The van der Waals surface area contributed by atoms with Crippen LogP contribution in [0.1, 0.15) is 59.1 Å². The summed E-state index contributed by atoms with van der Waals surface area (Å²) in [6.07, 6.45) is 12.7. The summed E-state index contributed by atoms with van der Waals surface area (Å²) in [6.45, 7) is 0. The Kier molecular flexibility index (Phi) is 11.5.